The molecule has 0 fully saturated rings. The molecular formula is C21H13F6N9O2. The van der Waals surface area contributed by atoms with Crippen molar-refractivity contribution < 1.29 is 35.6 Å². The van der Waals surface area contributed by atoms with Crippen LogP contribution in [0, 0.1) is 0 Å². The molecule has 0 unspecified atom stereocenters. The smallest absolute Gasteiger partial charge is 0.412 e. The van der Waals surface area contributed by atoms with Gasteiger partial charge in [0.25, 0.3) is 5.89 Å². The molecule has 196 valence electrons. The van der Waals surface area contributed by atoms with Crippen LogP contribution in [0.4, 0.5) is 26.3 Å². The van der Waals surface area contributed by atoms with Crippen LogP contribution in [-0.4, -0.2) is 56.9 Å². The van der Waals surface area contributed by atoms with Crippen LogP contribution in [0.5, 0.6) is 0 Å². The molecule has 0 spiro atoms. The number of pyridine rings is 1. The molecule has 1 amide bonds. The Kier molecular flexibility index (Phi) is 5.08. The zero-order chi connectivity index (χ0) is 26.8. The fraction of sp³-hybridized carbons (Fsp3) is 0.238. The summed E-state index contributed by atoms with van der Waals surface area (Å²) < 4.78 is 85.1. The predicted octanol–water partition coefficient (Wildman–Crippen LogP) is 3.59. The van der Waals surface area contributed by atoms with Crippen LogP contribution >= 0.6 is 0 Å². The highest BCUT2D eigenvalue weighted by molar-refractivity contribution is 5.90. The van der Waals surface area contributed by atoms with Crippen molar-refractivity contribution in [1.29, 1.82) is 0 Å². The lowest BCUT2D eigenvalue weighted by molar-refractivity contribution is -0.212. The van der Waals surface area contributed by atoms with Gasteiger partial charge in [-0.2, -0.15) is 28.1 Å². The molecule has 5 aromatic heterocycles. The Bertz CT molecular complexity index is 1660. The number of hydrogen-bond donors (Lipinski definition) is 1. The largest absolute Gasteiger partial charge is 0.504 e. The van der Waals surface area contributed by atoms with Crippen LogP contribution in [0.2, 0.25) is 0 Å². The van der Waals surface area contributed by atoms with E-state index in [2.05, 4.69) is 30.4 Å². The Labute approximate surface area is 206 Å². The molecule has 0 radical (unpaired) electrons. The highest BCUT2D eigenvalue weighted by atomic mass is 19.4. The molecule has 11 nitrogen and oxygen atoms in total. The molecule has 1 atom stereocenters. The normalized spacial score (nSPS) is 16.3. The van der Waals surface area contributed by atoms with E-state index in [4.69, 9.17) is 4.42 Å². The van der Waals surface area contributed by atoms with Crippen molar-refractivity contribution in [2.45, 2.75) is 24.9 Å². The number of carbonyl (C=O) groups excluding carboxylic acids is 1. The molecule has 0 aliphatic carbocycles. The number of imidazole rings is 1. The van der Waals surface area contributed by atoms with Crippen molar-refractivity contribution in [2.75, 3.05) is 6.54 Å². The van der Waals surface area contributed by atoms with Gasteiger partial charge >= 0.3 is 24.3 Å². The lowest BCUT2D eigenvalue weighted by atomic mass is 9.99. The summed E-state index contributed by atoms with van der Waals surface area (Å²) in [6, 6.07) is 3.97. The first kappa shape index (κ1) is 23.7. The Balaban J connectivity index is 1.38. The number of nitrogens with one attached hydrogen (secondary N) is 1. The van der Waals surface area contributed by atoms with Gasteiger partial charge in [0.2, 0.25) is 0 Å². The molecular weight excluding hydrogens is 524 g/mol. The van der Waals surface area contributed by atoms with E-state index in [1.165, 1.54) is 29.4 Å². The van der Waals surface area contributed by atoms with Crippen molar-refractivity contribution in [2.24, 2.45) is 0 Å². The van der Waals surface area contributed by atoms with E-state index in [1.807, 2.05) is 0 Å². The topological polar surface area (TPSA) is 123 Å². The van der Waals surface area contributed by atoms with Gasteiger partial charge in [0.05, 0.1) is 35.0 Å². The minimum Gasteiger partial charge on any atom is -0.412 e. The molecule has 1 aliphatic rings. The second kappa shape index (κ2) is 8.15. The zero-order valence-electron chi connectivity index (χ0n) is 18.7. The number of H-pyrrole nitrogens is 1. The summed E-state index contributed by atoms with van der Waals surface area (Å²) in [7, 11) is 0. The fourth-order valence-electron chi connectivity index (χ4n) is 4.30. The van der Waals surface area contributed by atoms with Gasteiger partial charge in [0.1, 0.15) is 11.7 Å². The molecule has 0 aromatic carbocycles. The van der Waals surface area contributed by atoms with E-state index >= 15 is 0 Å². The second-order valence-electron chi connectivity index (χ2n) is 8.29. The maximum atomic E-state index is 13.6. The maximum absolute atomic E-state index is 13.6. The number of fused-ring (bicyclic) bond motifs is 2. The third kappa shape index (κ3) is 3.86. The van der Waals surface area contributed by atoms with Gasteiger partial charge in [-0.1, -0.05) is 6.07 Å². The summed E-state index contributed by atoms with van der Waals surface area (Å²) in [6.45, 7) is 0.0857. The van der Waals surface area contributed by atoms with Crippen LogP contribution in [0.15, 0.2) is 47.4 Å². The number of rotatable bonds is 3. The predicted molar refractivity (Wildman–Crippen MR) is 112 cm³/mol. The summed E-state index contributed by atoms with van der Waals surface area (Å²) in [4.78, 5) is 21.9. The lowest BCUT2D eigenvalue weighted by Gasteiger charge is -2.32. The first-order valence-corrected chi connectivity index (χ1v) is 10.9. The van der Waals surface area contributed by atoms with E-state index in [1.54, 1.807) is 0 Å². The van der Waals surface area contributed by atoms with Gasteiger partial charge in [-0.05, 0) is 18.2 Å². The third-order valence-electron chi connectivity index (χ3n) is 5.96. The van der Waals surface area contributed by atoms with Crippen molar-refractivity contribution in [3.8, 4) is 11.5 Å². The SMILES string of the molecule is O=C(c1nnc(-c2cnn(C(F)(F)F)c2)o1)N1CCc2[nH]cnc2[C@@H]1c1cc2cccc(C(F)(F)F)n2n1. The quantitative estimate of drug-likeness (QED) is 0.349. The Morgan fingerprint density at radius 2 is 1.95 bits per heavy atom. The standard InChI is InChI=1S/C21H13F6N9O2/c22-20(23,24)14-3-1-2-11-6-13(33-36(11)14)16-15-12(28-9-29-15)4-5-34(16)19(37)18-32-31-17(38-18)10-7-30-35(8-10)21(25,26)27/h1-3,6-9,16H,4-5H2,(H,28,29)/t16-/m0/s1. The van der Waals surface area contributed by atoms with Crippen LogP contribution in [-0.2, 0) is 18.9 Å². The Morgan fingerprint density at radius 3 is 2.68 bits per heavy atom. The van der Waals surface area contributed by atoms with Gasteiger partial charge < -0.3 is 14.3 Å². The average molecular weight is 537 g/mol. The minimum absolute atomic E-state index is 0.0857. The van der Waals surface area contributed by atoms with E-state index in [9.17, 15) is 31.1 Å². The van der Waals surface area contributed by atoms with Crippen molar-refractivity contribution in [3.05, 3.63) is 71.7 Å². The summed E-state index contributed by atoms with van der Waals surface area (Å²) in [5, 5.41) is 14.7. The van der Waals surface area contributed by atoms with Gasteiger partial charge in [-0.3, -0.25) is 4.79 Å². The molecule has 6 rings (SSSR count). The molecule has 0 saturated carbocycles. The fourth-order valence-corrected chi connectivity index (χ4v) is 4.30. The number of nitrogens with zero attached hydrogens (tertiary/aromatic N) is 8. The van der Waals surface area contributed by atoms with Gasteiger partial charge in [-0.25, -0.2) is 9.50 Å². The molecule has 17 heteroatoms. The summed E-state index contributed by atoms with van der Waals surface area (Å²) in [6.07, 6.45) is -6.24. The molecule has 0 saturated heterocycles. The number of aromatic nitrogens is 8. The van der Waals surface area contributed by atoms with Crippen molar-refractivity contribution >= 4 is 11.4 Å². The number of hydrogen-bond acceptors (Lipinski definition) is 7. The van der Waals surface area contributed by atoms with E-state index in [-0.39, 0.29) is 33.9 Å². The Hall–Kier alpha value is -4.70. The lowest BCUT2D eigenvalue weighted by Crippen LogP contribution is -2.41. The maximum Gasteiger partial charge on any atom is 0.504 e. The monoisotopic (exact) mass is 537 g/mol. The van der Waals surface area contributed by atoms with Crippen molar-refractivity contribution in [3.63, 3.8) is 0 Å². The van der Waals surface area contributed by atoms with Crippen LogP contribution in [0.3, 0.4) is 0 Å². The van der Waals surface area contributed by atoms with Crippen LogP contribution < -0.4 is 0 Å². The highest BCUT2D eigenvalue weighted by Crippen LogP contribution is 2.36. The van der Waals surface area contributed by atoms with Crippen molar-refractivity contribution in [1.82, 2.24) is 44.5 Å². The summed E-state index contributed by atoms with van der Waals surface area (Å²) in [5.41, 5.74) is 0.114. The number of alkyl halides is 6. The Morgan fingerprint density at radius 1 is 1.13 bits per heavy atom. The molecule has 38 heavy (non-hydrogen) atoms. The third-order valence-corrected chi connectivity index (χ3v) is 5.96. The number of halogens is 6. The first-order chi connectivity index (χ1) is 18.0. The molecule has 5 aromatic rings. The zero-order valence-corrected chi connectivity index (χ0v) is 18.7. The van der Waals surface area contributed by atoms with E-state index in [0.29, 0.717) is 24.0 Å². The summed E-state index contributed by atoms with van der Waals surface area (Å²) in [5.74, 6) is -1.72. The highest BCUT2D eigenvalue weighted by Gasteiger charge is 2.40. The molecule has 1 aliphatic heterocycles. The molecule has 1 N–H and O–H groups in total. The minimum atomic E-state index is -4.76. The van der Waals surface area contributed by atoms with Gasteiger partial charge in [0.15, 0.2) is 0 Å². The van der Waals surface area contributed by atoms with Gasteiger partial charge in [-0.15, -0.1) is 23.4 Å². The number of carbonyl (C=O) groups is 1. The van der Waals surface area contributed by atoms with Gasteiger partial charge in [0, 0.05) is 24.9 Å². The summed E-state index contributed by atoms with van der Waals surface area (Å²) >= 11 is 0. The number of aromatic amines is 1. The number of amides is 1. The van der Waals surface area contributed by atoms with E-state index in [0.717, 1.165) is 16.8 Å². The average Bonchev–Trinajstić information content (AvgIpc) is 3.65. The van der Waals surface area contributed by atoms with Crippen LogP contribution in [0.1, 0.15) is 39.5 Å². The van der Waals surface area contributed by atoms with Crippen LogP contribution in [0.25, 0.3) is 17.0 Å². The molecule has 0 bridgehead atoms. The molecule has 6 heterocycles. The van der Waals surface area contributed by atoms with E-state index < -0.39 is 36.0 Å². The second-order valence-corrected chi connectivity index (χ2v) is 8.29. The first-order valence-electron chi connectivity index (χ1n) is 10.9.